The van der Waals surface area contributed by atoms with Crippen molar-refractivity contribution in [2.24, 2.45) is 0 Å². The molecule has 6 heteroatoms. The molecule has 2 heterocycles. The second-order valence-electron chi connectivity index (χ2n) is 6.47. The van der Waals surface area contributed by atoms with Crippen LogP contribution in [0.5, 0.6) is 5.75 Å². The van der Waals surface area contributed by atoms with Crippen LogP contribution in [0.4, 0.5) is 0 Å². The van der Waals surface area contributed by atoms with Gasteiger partial charge in [-0.25, -0.2) is 4.98 Å². The predicted molar refractivity (Wildman–Crippen MR) is 103 cm³/mol. The summed E-state index contributed by atoms with van der Waals surface area (Å²) in [5.41, 5.74) is 2.55. The van der Waals surface area contributed by atoms with Crippen molar-refractivity contribution in [3.05, 3.63) is 52.0 Å². The largest absolute Gasteiger partial charge is 0.508 e. The van der Waals surface area contributed by atoms with Gasteiger partial charge in [0.1, 0.15) is 16.7 Å². The molecule has 134 valence electrons. The first-order chi connectivity index (χ1) is 12.0. The Morgan fingerprint density at radius 1 is 1.24 bits per heavy atom. The van der Waals surface area contributed by atoms with E-state index >= 15 is 0 Å². The number of aryl methyl sites for hydroxylation is 1. The molecule has 1 aliphatic heterocycles. The van der Waals surface area contributed by atoms with Crippen LogP contribution >= 0.6 is 23.2 Å². The highest BCUT2D eigenvalue weighted by Crippen LogP contribution is 2.26. The molecule has 2 aromatic rings. The van der Waals surface area contributed by atoms with E-state index in [2.05, 4.69) is 16.4 Å². The number of hydrogen-bond donors (Lipinski definition) is 2. The molecule has 3 rings (SSSR count). The number of rotatable bonds is 6. The smallest absolute Gasteiger partial charge is 0.166 e. The summed E-state index contributed by atoms with van der Waals surface area (Å²) in [6.07, 6.45) is 6.53. The van der Waals surface area contributed by atoms with Crippen molar-refractivity contribution in [2.75, 3.05) is 6.54 Å². The third-order valence-electron chi connectivity index (χ3n) is 4.70. The minimum atomic E-state index is 0.309. The van der Waals surface area contributed by atoms with Gasteiger partial charge in [-0.05, 0) is 49.5 Å². The predicted octanol–water partition coefficient (Wildman–Crippen LogP) is 4.82. The van der Waals surface area contributed by atoms with E-state index < -0.39 is 0 Å². The first-order valence-electron chi connectivity index (χ1n) is 8.64. The summed E-state index contributed by atoms with van der Waals surface area (Å²) in [4.78, 5) is 4.19. The van der Waals surface area contributed by atoms with Gasteiger partial charge in [0.05, 0.1) is 0 Å². The zero-order valence-corrected chi connectivity index (χ0v) is 15.8. The molecule has 25 heavy (non-hydrogen) atoms. The van der Waals surface area contributed by atoms with Crippen LogP contribution in [0.25, 0.3) is 5.57 Å². The molecule has 1 aliphatic rings. The van der Waals surface area contributed by atoms with Gasteiger partial charge in [-0.1, -0.05) is 47.8 Å². The highest BCUT2D eigenvalue weighted by atomic mass is 35.5. The van der Waals surface area contributed by atoms with Gasteiger partial charge in [0.2, 0.25) is 0 Å². The molecule has 0 amide bonds. The standard InChI is InChI=1S/C19H23Cl2N3O/c1-13-23-18(20)19(21)24(13)11-3-2-4-16-12-15(9-10-22-16)14-5-7-17(25)8-6-14/h5-9,16,22,25H,2-4,10-12H2,1H3. The highest BCUT2D eigenvalue weighted by Gasteiger charge is 2.16. The normalized spacial score (nSPS) is 17.6. The maximum absolute atomic E-state index is 9.43. The third-order valence-corrected chi connectivity index (χ3v) is 5.44. The minimum Gasteiger partial charge on any atom is -0.508 e. The molecule has 1 atom stereocenters. The number of benzene rings is 1. The molecule has 0 spiro atoms. The van der Waals surface area contributed by atoms with E-state index in [1.165, 1.54) is 11.1 Å². The van der Waals surface area contributed by atoms with Crippen molar-refractivity contribution in [3.8, 4) is 5.75 Å². The van der Waals surface area contributed by atoms with Crippen LogP contribution in [0.3, 0.4) is 0 Å². The lowest BCUT2D eigenvalue weighted by Gasteiger charge is -2.24. The van der Waals surface area contributed by atoms with Crippen molar-refractivity contribution >= 4 is 28.8 Å². The van der Waals surface area contributed by atoms with Crippen LogP contribution in [0.15, 0.2) is 30.3 Å². The Labute approximate surface area is 158 Å². The van der Waals surface area contributed by atoms with Crippen LogP contribution in [0.1, 0.15) is 37.1 Å². The topological polar surface area (TPSA) is 50.1 Å². The van der Waals surface area contributed by atoms with Crippen LogP contribution in [0, 0.1) is 6.92 Å². The number of aromatic hydroxyl groups is 1. The summed E-state index contributed by atoms with van der Waals surface area (Å²) in [7, 11) is 0. The van der Waals surface area contributed by atoms with Crippen molar-refractivity contribution < 1.29 is 5.11 Å². The number of phenols is 1. The van der Waals surface area contributed by atoms with Gasteiger partial charge >= 0.3 is 0 Å². The second-order valence-corrected chi connectivity index (χ2v) is 7.19. The van der Waals surface area contributed by atoms with E-state index in [1.807, 2.05) is 23.6 Å². The molecule has 2 N–H and O–H groups in total. The molecular weight excluding hydrogens is 357 g/mol. The fourth-order valence-electron chi connectivity index (χ4n) is 3.31. The zero-order chi connectivity index (χ0) is 17.8. The number of hydrogen-bond acceptors (Lipinski definition) is 3. The Kier molecular flexibility index (Phi) is 6.05. The molecular formula is C19H23Cl2N3O. The SMILES string of the molecule is Cc1nc(Cl)c(Cl)n1CCCCC1CC(c2ccc(O)cc2)=CCN1. The number of halogens is 2. The number of nitrogens with zero attached hydrogens (tertiary/aromatic N) is 2. The van der Waals surface area contributed by atoms with Crippen LogP contribution in [-0.2, 0) is 6.54 Å². The summed E-state index contributed by atoms with van der Waals surface area (Å²) in [5.74, 6) is 1.17. The van der Waals surface area contributed by atoms with Gasteiger partial charge in [0.25, 0.3) is 0 Å². The summed E-state index contributed by atoms with van der Waals surface area (Å²) >= 11 is 12.1. The molecule has 1 unspecified atom stereocenters. The Bertz CT molecular complexity index is 753. The molecule has 0 saturated carbocycles. The van der Waals surface area contributed by atoms with E-state index in [0.717, 1.165) is 44.6 Å². The zero-order valence-electron chi connectivity index (χ0n) is 14.3. The molecule has 0 fully saturated rings. The Morgan fingerprint density at radius 2 is 2.00 bits per heavy atom. The van der Waals surface area contributed by atoms with Crippen molar-refractivity contribution in [1.29, 1.82) is 0 Å². The summed E-state index contributed by atoms with van der Waals surface area (Å²) in [6.45, 7) is 3.66. The fourth-order valence-corrected chi connectivity index (χ4v) is 3.78. The first kappa shape index (κ1) is 18.3. The Morgan fingerprint density at radius 3 is 2.68 bits per heavy atom. The van der Waals surface area contributed by atoms with Crippen LogP contribution < -0.4 is 5.32 Å². The van der Waals surface area contributed by atoms with E-state index in [1.54, 1.807) is 12.1 Å². The van der Waals surface area contributed by atoms with E-state index in [9.17, 15) is 5.11 Å². The molecule has 0 bridgehead atoms. The van der Waals surface area contributed by atoms with E-state index in [-0.39, 0.29) is 0 Å². The van der Waals surface area contributed by atoms with Gasteiger partial charge < -0.3 is 15.0 Å². The van der Waals surface area contributed by atoms with Gasteiger partial charge in [0, 0.05) is 19.1 Å². The summed E-state index contributed by atoms with van der Waals surface area (Å²) in [6, 6.07) is 7.94. The Hall–Kier alpha value is -1.49. The average Bonchev–Trinajstić information content (AvgIpc) is 2.85. The van der Waals surface area contributed by atoms with E-state index in [4.69, 9.17) is 23.2 Å². The van der Waals surface area contributed by atoms with Gasteiger partial charge in [-0.2, -0.15) is 0 Å². The highest BCUT2D eigenvalue weighted by molar-refractivity contribution is 6.40. The van der Waals surface area contributed by atoms with Gasteiger partial charge in [-0.15, -0.1) is 0 Å². The summed E-state index contributed by atoms with van der Waals surface area (Å²) < 4.78 is 1.97. The van der Waals surface area contributed by atoms with Crippen LogP contribution in [0.2, 0.25) is 10.3 Å². The second kappa shape index (κ2) is 8.26. The Balaban J connectivity index is 1.48. The maximum Gasteiger partial charge on any atom is 0.166 e. The monoisotopic (exact) mass is 379 g/mol. The average molecular weight is 380 g/mol. The number of nitrogens with one attached hydrogen (secondary N) is 1. The number of aromatic nitrogens is 2. The number of imidazole rings is 1. The van der Waals surface area contributed by atoms with E-state index in [0.29, 0.717) is 22.1 Å². The van der Waals surface area contributed by atoms with Crippen molar-refractivity contribution in [3.63, 3.8) is 0 Å². The molecule has 0 radical (unpaired) electrons. The fraction of sp³-hybridized carbons (Fsp3) is 0.421. The maximum atomic E-state index is 9.43. The quantitative estimate of drug-likeness (QED) is 0.707. The summed E-state index contributed by atoms with van der Waals surface area (Å²) in [5, 5.41) is 13.9. The number of phenolic OH excluding ortho intramolecular Hbond substituents is 1. The molecule has 4 nitrogen and oxygen atoms in total. The molecule has 0 aliphatic carbocycles. The van der Waals surface area contributed by atoms with Crippen LogP contribution in [-0.4, -0.2) is 27.2 Å². The third kappa shape index (κ3) is 4.57. The van der Waals surface area contributed by atoms with Gasteiger partial charge in [0.15, 0.2) is 5.15 Å². The lowest BCUT2D eigenvalue weighted by Crippen LogP contribution is -2.32. The van der Waals surface area contributed by atoms with Crippen molar-refractivity contribution in [2.45, 2.75) is 45.2 Å². The lowest BCUT2D eigenvalue weighted by atomic mass is 9.93. The molecule has 0 saturated heterocycles. The minimum absolute atomic E-state index is 0.309. The molecule has 1 aromatic carbocycles. The molecule has 1 aromatic heterocycles. The first-order valence-corrected chi connectivity index (χ1v) is 9.40. The van der Waals surface area contributed by atoms with Crippen molar-refractivity contribution in [1.82, 2.24) is 14.9 Å². The van der Waals surface area contributed by atoms with Gasteiger partial charge in [-0.3, -0.25) is 0 Å². The lowest BCUT2D eigenvalue weighted by molar-refractivity contribution is 0.462. The number of unbranched alkanes of at least 4 members (excludes halogenated alkanes) is 1.